The number of fused-ring (bicyclic) bond motifs is 1. The van der Waals surface area contributed by atoms with Crippen LogP contribution in [0.25, 0.3) is 4.85 Å². The summed E-state index contributed by atoms with van der Waals surface area (Å²) in [6, 6.07) is 2.68. The van der Waals surface area contributed by atoms with Gasteiger partial charge in [0.2, 0.25) is 11.9 Å². The molecular weight excluding hydrogens is 413 g/mol. The van der Waals surface area contributed by atoms with E-state index in [0.717, 1.165) is 19.0 Å². The van der Waals surface area contributed by atoms with Gasteiger partial charge in [-0.3, -0.25) is 4.79 Å². The van der Waals surface area contributed by atoms with Crippen LogP contribution in [0.4, 0.5) is 36.4 Å². The Hall–Kier alpha value is -3.49. The Bertz CT molecular complexity index is 1070. The number of nitrogens with zero attached hydrogens (tertiary/aromatic N) is 6. The van der Waals surface area contributed by atoms with Gasteiger partial charge in [-0.15, -0.1) is 0 Å². The van der Waals surface area contributed by atoms with E-state index in [-0.39, 0.29) is 29.7 Å². The summed E-state index contributed by atoms with van der Waals surface area (Å²) >= 11 is 0. The first-order valence-corrected chi connectivity index (χ1v) is 9.66. The van der Waals surface area contributed by atoms with Gasteiger partial charge in [0.25, 0.3) is 0 Å². The van der Waals surface area contributed by atoms with Gasteiger partial charge in [-0.05, 0) is 31.7 Å². The molecule has 0 saturated heterocycles. The van der Waals surface area contributed by atoms with Gasteiger partial charge in [-0.2, -0.15) is 23.0 Å². The summed E-state index contributed by atoms with van der Waals surface area (Å²) in [4.78, 5) is 33.7. The lowest BCUT2D eigenvalue weighted by Crippen LogP contribution is -2.45. The van der Waals surface area contributed by atoms with Crippen molar-refractivity contribution in [2.24, 2.45) is 5.92 Å². The summed E-state index contributed by atoms with van der Waals surface area (Å²) in [5, 5.41) is 6.11. The zero-order valence-corrected chi connectivity index (χ0v) is 17.0. The fourth-order valence-corrected chi connectivity index (χ4v) is 3.32. The molecule has 2 aromatic heterocycles. The number of alkyl halides is 3. The molecule has 9 nitrogen and oxygen atoms in total. The Morgan fingerprint density at radius 1 is 1.26 bits per heavy atom. The molecule has 1 atom stereocenters. The number of carbonyl (C=O) groups is 1. The van der Waals surface area contributed by atoms with E-state index in [9.17, 15) is 18.0 Å². The van der Waals surface area contributed by atoms with Gasteiger partial charge in [0.1, 0.15) is 17.9 Å². The quantitative estimate of drug-likeness (QED) is 0.750. The van der Waals surface area contributed by atoms with E-state index in [1.54, 1.807) is 6.92 Å². The molecule has 0 aromatic carbocycles. The largest absolute Gasteiger partial charge is 0.443 e. The fourth-order valence-electron chi connectivity index (χ4n) is 3.32. The molecule has 31 heavy (non-hydrogen) atoms. The minimum Gasteiger partial charge on any atom is -0.351 e. The van der Waals surface area contributed by atoms with Crippen molar-refractivity contribution in [3.8, 4) is 6.07 Å². The summed E-state index contributed by atoms with van der Waals surface area (Å²) in [5.74, 6) is 1.16. The molecule has 1 saturated carbocycles. The van der Waals surface area contributed by atoms with Crippen molar-refractivity contribution in [3.05, 3.63) is 28.6 Å². The monoisotopic (exact) mass is 433 g/mol. The molecule has 3 heterocycles. The number of carbonyl (C=O) groups excluding carboxylic acids is 1. The molecule has 2 N–H and O–H groups in total. The molecule has 4 rings (SSSR count). The lowest BCUT2D eigenvalue weighted by molar-refractivity contribution is -0.141. The topological polar surface area (TPSA) is 100 Å². The molecule has 0 bridgehead atoms. The normalized spacial score (nSPS) is 22.6. The van der Waals surface area contributed by atoms with Crippen molar-refractivity contribution in [3.63, 3.8) is 0 Å². The first-order chi connectivity index (χ1) is 14.6. The summed E-state index contributed by atoms with van der Waals surface area (Å²) in [5.41, 5.74) is 0.226. The number of anilines is 3. The summed E-state index contributed by atoms with van der Waals surface area (Å²) < 4.78 is 37.5. The Morgan fingerprint density at radius 2 is 2.00 bits per heavy atom. The number of nitrogens with one attached hydrogen (secondary N) is 2. The Labute approximate surface area is 175 Å². The second-order valence-corrected chi connectivity index (χ2v) is 7.62. The molecule has 0 radical (unpaired) electrons. The molecule has 1 fully saturated rings. The van der Waals surface area contributed by atoms with Crippen LogP contribution in [-0.4, -0.2) is 45.0 Å². The van der Waals surface area contributed by atoms with E-state index in [0.29, 0.717) is 29.3 Å². The van der Waals surface area contributed by atoms with Crippen LogP contribution in [0.1, 0.15) is 31.2 Å². The lowest BCUT2D eigenvalue weighted by atomic mass is 9.81. The Kier molecular flexibility index (Phi) is 5.12. The van der Waals surface area contributed by atoms with E-state index >= 15 is 0 Å². The number of aryl methyl sites for hydroxylation is 1. The van der Waals surface area contributed by atoms with E-state index in [1.165, 1.54) is 0 Å². The van der Waals surface area contributed by atoms with Crippen LogP contribution >= 0.6 is 0 Å². The van der Waals surface area contributed by atoms with Crippen molar-refractivity contribution >= 4 is 29.2 Å². The molecular formula is C19H20F3N8O+. The standard InChI is InChI=1S/C19H19F3N8O/c1-9-15-16(30(3)10(2)17(31)28-15)29-18(26-9)27-12-4-11(5-12)6-24-14-8-23-13(7-25-14)19(20,21)22/h7-8,10-12H,4-5H2,1-3H3,(H-,23,25,26,27,28,29,31)/p+1/t10-,11?,12?/m0/s1. The fraction of sp³-hybridized carbons (Fsp3) is 0.474. The minimum atomic E-state index is -4.53. The maximum absolute atomic E-state index is 12.5. The summed E-state index contributed by atoms with van der Waals surface area (Å²) in [6.07, 6.45) is -1.45. The number of hydrogen-bond donors (Lipinski definition) is 2. The second kappa shape index (κ2) is 7.64. The molecule has 162 valence electrons. The van der Waals surface area contributed by atoms with E-state index < -0.39 is 11.9 Å². The van der Waals surface area contributed by atoms with Gasteiger partial charge in [-0.25, -0.2) is 9.97 Å². The van der Waals surface area contributed by atoms with Crippen LogP contribution < -0.4 is 15.5 Å². The predicted molar refractivity (Wildman–Crippen MR) is 107 cm³/mol. The number of rotatable bonds is 2. The SMILES string of the molecule is Cc1nc(NC2CC(C#[N+]c3cnc(C(F)(F)F)cn3)C2)nc2c1NC(=O)[C@H](C)N2C. The molecule has 0 spiro atoms. The van der Waals surface area contributed by atoms with Crippen LogP contribution in [0, 0.1) is 18.9 Å². The van der Waals surface area contributed by atoms with Crippen LogP contribution in [0.2, 0.25) is 0 Å². The van der Waals surface area contributed by atoms with Gasteiger partial charge in [0.05, 0.1) is 11.6 Å². The predicted octanol–water partition coefficient (Wildman–Crippen LogP) is 3.23. The number of hydrogen-bond acceptors (Lipinski definition) is 7. The van der Waals surface area contributed by atoms with Crippen LogP contribution in [0.5, 0.6) is 0 Å². The number of halogens is 3. The highest BCUT2D eigenvalue weighted by atomic mass is 19.4. The van der Waals surface area contributed by atoms with Gasteiger partial charge >= 0.3 is 12.0 Å². The third-order valence-electron chi connectivity index (χ3n) is 5.38. The highest BCUT2D eigenvalue weighted by Gasteiger charge is 2.35. The van der Waals surface area contributed by atoms with Crippen molar-refractivity contribution in [2.75, 3.05) is 22.6 Å². The van der Waals surface area contributed by atoms with E-state index in [2.05, 4.69) is 41.5 Å². The number of amides is 1. The summed E-state index contributed by atoms with van der Waals surface area (Å²) in [7, 11) is 1.81. The average molecular weight is 433 g/mol. The molecule has 12 heteroatoms. The lowest BCUT2D eigenvalue weighted by Gasteiger charge is -2.34. The third-order valence-corrected chi connectivity index (χ3v) is 5.38. The molecule has 1 aliphatic heterocycles. The first kappa shape index (κ1) is 20.8. The van der Waals surface area contributed by atoms with Gasteiger partial charge < -0.3 is 15.5 Å². The molecule has 2 aliphatic rings. The van der Waals surface area contributed by atoms with Crippen LogP contribution in [0.3, 0.4) is 0 Å². The van der Waals surface area contributed by atoms with Gasteiger partial charge in [-0.1, -0.05) is 0 Å². The Balaban J connectivity index is 1.37. The first-order valence-electron chi connectivity index (χ1n) is 9.66. The average Bonchev–Trinajstić information content (AvgIpc) is 2.68. The maximum atomic E-state index is 12.5. The van der Waals surface area contributed by atoms with Crippen molar-refractivity contribution in [1.29, 1.82) is 0 Å². The highest BCUT2D eigenvalue weighted by molar-refractivity contribution is 6.03. The van der Waals surface area contributed by atoms with Gasteiger partial charge in [0, 0.05) is 13.1 Å². The van der Waals surface area contributed by atoms with E-state index in [1.807, 2.05) is 18.9 Å². The smallest absolute Gasteiger partial charge is 0.351 e. The zero-order valence-electron chi connectivity index (χ0n) is 17.0. The molecule has 0 unspecified atom stereocenters. The Morgan fingerprint density at radius 3 is 2.65 bits per heavy atom. The molecule has 1 amide bonds. The highest BCUT2D eigenvalue weighted by Crippen LogP contribution is 2.34. The van der Waals surface area contributed by atoms with Crippen LogP contribution in [-0.2, 0) is 11.0 Å². The zero-order chi connectivity index (χ0) is 22.3. The second-order valence-electron chi connectivity index (χ2n) is 7.62. The number of likely N-dealkylation sites (N-methyl/N-ethyl adjacent to an activating group) is 1. The van der Waals surface area contributed by atoms with Crippen molar-refractivity contribution < 1.29 is 18.0 Å². The number of aromatic nitrogens is 4. The summed E-state index contributed by atoms with van der Waals surface area (Å²) in [6.45, 7) is 3.61. The van der Waals surface area contributed by atoms with Gasteiger partial charge in [0.15, 0.2) is 23.8 Å². The van der Waals surface area contributed by atoms with Crippen molar-refractivity contribution in [2.45, 2.75) is 44.9 Å². The van der Waals surface area contributed by atoms with Crippen molar-refractivity contribution in [1.82, 2.24) is 19.9 Å². The third kappa shape index (κ3) is 4.21. The van der Waals surface area contributed by atoms with E-state index in [4.69, 9.17) is 0 Å². The maximum Gasteiger partial charge on any atom is 0.443 e. The molecule has 2 aromatic rings. The molecule has 1 aliphatic carbocycles. The minimum absolute atomic E-state index is 0.0438. The van der Waals surface area contributed by atoms with Crippen LogP contribution in [0.15, 0.2) is 12.4 Å².